The van der Waals surface area contributed by atoms with E-state index in [1.165, 1.54) is 0 Å². The first-order valence-corrected chi connectivity index (χ1v) is 5.38. The molecule has 0 atom stereocenters. The molecule has 0 aromatic heterocycles. The average molecular weight is 262 g/mol. The molecule has 2 rings (SSSR count). The van der Waals surface area contributed by atoms with Crippen molar-refractivity contribution in [3.8, 4) is 0 Å². The highest BCUT2D eigenvalue weighted by Gasteiger charge is 2.50. The molecule has 1 saturated carbocycles. The first kappa shape index (κ1) is 12.9. The van der Waals surface area contributed by atoms with Gasteiger partial charge in [-0.2, -0.15) is 13.2 Å². The lowest BCUT2D eigenvalue weighted by Crippen LogP contribution is -2.43. The largest absolute Gasteiger partial charge is 0.481 e. The highest BCUT2D eigenvalue weighted by Crippen LogP contribution is 2.48. The number of alkyl halides is 3. The summed E-state index contributed by atoms with van der Waals surface area (Å²) in [7, 11) is 0. The van der Waals surface area contributed by atoms with E-state index >= 15 is 0 Å². The van der Waals surface area contributed by atoms with Crippen molar-refractivity contribution < 1.29 is 27.5 Å². The van der Waals surface area contributed by atoms with Gasteiger partial charge in [0.25, 0.3) is 0 Å². The molecule has 1 aliphatic carbocycles. The van der Waals surface area contributed by atoms with Crippen molar-refractivity contribution >= 4 is 5.97 Å². The van der Waals surface area contributed by atoms with E-state index in [2.05, 4.69) is 0 Å². The van der Waals surface area contributed by atoms with Crippen molar-refractivity contribution in [3.05, 3.63) is 35.1 Å². The number of halogens is 4. The van der Waals surface area contributed by atoms with Gasteiger partial charge in [0.1, 0.15) is 5.82 Å². The van der Waals surface area contributed by atoms with Crippen molar-refractivity contribution in [2.75, 3.05) is 0 Å². The highest BCUT2D eigenvalue weighted by molar-refractivity contribution is 5.83. The topological polar surface area (TPSA) is 37.3 Å². The molecule has 6 heteroatoms. The Hall–Kier alpha value is -1.59. The number of carboxylic acid groups (broad SMARTS) is 1. The number of hydrogen-bond donors (Lipinski definition) is 1. The normalized spacial score (nSPS) is 18.2. The summed E-state index contributed by atoms with van der Waals surface area (Å²) in [4.78, 5) is 11.2. The van der Waals surface area contributed by atoms with Crippen LogP contribution >= 0.6 is 0 Å². The van der Waals surface area contributed by atoms with E-state index < -0.39 is 28.9 Å². The van der Waals surface area contributed by atoms with Gasteiger partial charge in [-0.25, -0.2) is 4.39 Å². The van der Waals surface area contributed by atoms with Crippen LogP contribution in [0, 0.1) is 5.82 Å². The van der Waals surface area contributed by atoms with Crippen LogP contribution in [0.15, 0.2) is 18.2 Å². The molecule has 0 unspecified atom stereocenters. The number of rotatable bonds is 2. The van der Waals surface area contributed by atoms with Crippen LogP contribution in [0.1, 0.15) is 30.4 Å². The zero-order chi connectivity index (χ0) is 13.6. The van der Waals surface area contributed by atoms with Crippen LogP contribution in [-0.4, -0.2) is 11.1 Å². The smallest absolute Gasteiger partial charge is 0.416 e. The summed E-state index contributed by atoms with van der Waals surface area (Å²) in [6.07, 6.45) is -3.90. The number of carbonyl (C=O) groups is 1. The summed E-state index contributed by atoms with van der Waals surface area (Å²) < 4.78 is 51.4. The molecule has 1 aliphatic rings. The molecule has 0 bridgehead atoms. The van der Waals surface area contributed by atoms with Gasteiger partial charge in [0.05, 0.1) is 11.0 Å². The van der Waals surface area contributed by atoms with Gasteiger partial charge in [-0.1, -0.05) is 12.5 Å². The van der Waals surface area contributed by atoms with E-state index in [4.69, 9.17) is 5.11 Å². The molecular weight excluding hydrogens is 252 g/mol. The lowest BCUT2D eigenvalue weighted by atomic mass is 9.63. The summed E-state index contributed by atoms with van der Waals surface area (Å²) in [5.74, 6) is -2.31. The van der Waals surface area contributed by atoms with Crippen molar-refractivity contribution in [3.63, 3.8) is 0 Å². The van der Waals surface area contributed by atoms with Gasteiger partial charge in [-0.05, 0) is 30.5 Å². The van der Waals surface area contributed by atoms with E-state index in [0.29, 0.717) is 12.5 Å². The molecule has 98 valence electrons. The SMILES string of the molecule is O=C(O)C1(c2ccc(F)cc2C(F)(F)F)CCC1. The second-order valence-corrected chi connectivity index (χ2v) is 4.43. The third-order valence-electron chi connectivity index (χ3n) is 3.42. The maximum absolute atomic E-state index is 12.9. The quantitative estimate of drug-likeness (QED) is 0.830. The zero-order valence-electron chi connectivity index (χ0n) is 9.22. The minimum atomic E-state index is -4.75. The van der Waals surface area contributed by atoms with E-state index in [-0.39, 0.29) is 18.4 Å². The fourth-order valence-electron chi connectivity index (χ4n) is 2.30. The monoisotopic (exact) mass is 262 g/mol. The van der Waals surface area contributed by atoms with Crippen LogP contribution in [0.4, 0.5) is 17.6 Å². The second kappa shape index (κ2) is 3.96. The van der Waals surface area contributed by atoms with Gasteiger partial charge in [0, 0.05) is 0 Å². The summed E-state index contributed by atoms with van der Waals surface area (Å²) in [6.45, 7) is 0. The van der Waals surface area contributed by atoms with E-state index in [0.717, 1.165) is 12.1 Å². The Morgan fingerprint density at radius 3 is 2.28 bits per heavy atom. The predicted molar refractivity (Wildman–Crippen MR) is 54.6 cm³/mol. The fourth-order valence-corrected chi connectivity index (χ4v) is 2.30. The second-order valence-electron chi connectivity index (χ2n) is 4.43. The number of aliphatic carboxylic acids is 1. The van der Waals surface area contributed by atoms with E-state index in [9.17, 15) is 22.4 Å². The van der Waals surface area contributed by atoms with Gasteiger partial charge < -0.3 is 5.11 Å². The third kappa shape index (κ3) is 1.85. The van der Waals surface area contributed by atoms with Gasteiger partial charge in [-0.3, -0.25) is 4.79 Å². The Bertz CT molecular complexity index is 489. The van der Waals surface area contributed by atoms with Crippen LogP contribution < -0.4 is 0 Å². The molecule has 1 aromatic carbocycles. The van der Waals surface area contributed by atoms with Crippen LogP contribution in [0.25, 0.3) is 0 Å². The Morgan fingerprint density at radius 1 is 1.28 bits per heavy atom. The molecule has 0 aliphatic heterocycles. The lowest BCUT2D eigenvalue weighted by Gasteiger charge is -2.39. The molecule has 18 heavy (non-hydrogen) atoms. The Balaban J connectivity index is 2.61. The highest BCUT2D eigenvalue weighted by atomic mass is 19.4. The van der Waals surface area contributed by atoms with Crippen molar-refractivity contribution in [2.24, 2.45) is 0 Å². The molecule has 1 aromatic rings. The summed E-state index contributed by atoms with van der Waals surface area (Å²) in [5.41, 5.74) is -3.04. The molecule has 1 N–H and O–H groups in total. The van der Waals surface area contributed by atoms with Crippen LogP contribution in [0.5, 0.6) is 0 Å². The molecule has 1 fully saturated rings. The summed E-state index contributed by atoms with van der Waals surface area (Å²) in [6, 6.07) is 2.16. The molecule has 2 nitrogen and oxygen atoms in total. The molecule has 0 amide bonds. The molecule has 0 radical (unpaired) electrons. The van der Waals surface area contributed by atoms with Gasteiger partial charge >= 0.3 is 12.1 Å². The summed E-state index contributed by atoms with van der Waals surface area (Å²) in [5, 5.41) is 9.14. The minimum absolute atomic E-state index is 0.150. The Morgan fingerprint density at radius 2 is 1.89 bits per heavy atom. The van der Waals surface area contributed by atoms with Crippen LogP contribution in [0.3, 0.4) is 0 Å². The average Bonchev–Trinajstić information content (AvgIpc) is 2.16. The third-order valence-corrected chi connectivity index (χ3v) is 3.42. The molecule has 0 saturated heterocycles. The molecule has 0 spiro atoms. The maximum atomic E-state index is 12.9. The van der Waals surface area contributed by atoms with E-state index in [1.54, 1.807) is 0 Å². The van der Waals surface area contributed by atoms with Gasteiger partial charge in [-0.15, -0.1) is 0 Å². The minimum Gasteiger partial charge on any atom is -0.481 e. The first-order chi connectivity index (χ1) is 8.27. The predicted octanol–water partition coefficient (Wildman–Crippen LogP) is 3.35. The van der Waals surface area contributed by atoms with E-state index in [1.807, 2.05) is 0 Å². The van der Waals surface area contributed by atoms with Gasteiger partial charge in [0.2, 0.25) is 0 Å². The lowest BCUT2D eigenvalue weighted by molar-refractivity contribution is -0.149. The van der Waals surface area contributed by atoms with Crippen LogP contribution in [0.2, 0.25) is 0 Å². The van der Waals surface area contributed by atoms with Crippen molar-refractivity contribution in [1.82, 2.24) is 0 Å². The van der Waals surface area contributed by atoms with Gasteiger partial charge in [0.15, 0.2) is 0 Å². The maximum Gasteiger partial charge on any atom is 0.416 e. The standard InChI is InChI=1S/C12H10F4O2/c13-7-2-3-8(9(6-7)12(14,15)16)11(10(17)18)4-1-5-11/h2-3,6H,1,4-5H2,(H,17,18). The fraction of sp³-hybridized carbons (Fsp3) is 0.417. The molecule has 0 heterocycles. The number of hydrogen-bond acceptors (Lipinski definition) is 1. The Kier molecular flexibility index (Phi) is 2.83. The number of carboxylic acids is 1. The molecular formula is C12H10F4O2. The number of benzene rings is 1. The van der Waals surface area contributed by atoms with Crippen molar-refractivity contribution in [2.45, 2.75) is 30.9 Å². The van der Waals surface area contributed by atoms with Crippen LogP contribution in [-0.2, 0) is 16.4 Å². The summed E-state index contributed by atoms with van der Waals surface area (Å²) >= 11 is 0. The Labute approximate surface area is 100 Å². The van der Waals surface area contributed by atoms with Crippen molar-refractivity contribution in [1.29, 1.82) is 0 Å². The first-order valence-electron chi connectivity index (χ1n) is 5.38. The zero-order valence-corrected chi connectivity index (χ0v) is 9.22.